The lowest BCUT2D eigenvalue weighted by Crippen LogP contribution is -2.34. The third-order valence-electron chi connectivity index (χ3n) is 4.09. The van der Waals surface area contributed by atoms with Crippen molar-refractivity contribution in [2.24, 2.45) is 5.10 Å². The van der Waals surface area contributed by atoms with Crippen LogP contribution in [0.25, 0.3) is 0 Å². The van der Waals surface area contributed by atoms with Gasteiger partial charge in [-0.3, -0.25) is 9.59 Å². The SMILES string of the molecule is O=C(CNC(=O)c1ccccc1)N/N=C\c1cc(Cl)ccc1OCc1cccc(Cl)c1. The molecule has 0 aliphatic carbocycles. The molecule has 31 heavy (non-hydrogen) atoms. The van der Waals surface area contributed by atoms with Crippen LogP contribution in [-0.2, 0) is 11.4 Å². The molecule has 0 unspecified atom stereocenters. The number of carbonyl (C=O) groups excluding carboxylic acids is 2. The molecule has 0 bridgehead atoms. The highest BCUT2D eigenvalue weighted by molar-refractivity contribution is 6.31. The Kier molecular flexibility index (Phi) is 8.04. The first-order chi connectivity index (χ1) is 15.0. The smallest absolute Gasteiger partial charge is 0.259 e. The number of nitrogens with zero attached hydrogens (tertiary/aromatic N) is 1. The van der Waals surface area contributed by atoms with Crippen LogP contribution in [0.3, 0.4) is 0 Å². The molecule has 0 fully saturated rings. The summed E-state index contributed by atoms with van der Waals surface area (Å²) in [5, 5.41) is 7.58. The highest BCUT2D eigenvalue weighted by Gasteiger charge is 2.07. The zero-order valence-corrected chi connectivity index (χ0v) is 17.9. The molecule has 0 heterocycles. The fourth-order valence-corrected chi connectivity index (χ4v) is 3.00. The molecule has 8 heteroatoms. The average Bonchev–Trinajstić information content (AvgIpc) is 2.77. The van der Waals surface area contributed by atoms with Gasteiger partial charge < -0.3 is 10.1 Å². The van der Waals surface area contributed by atoms with E-state index < -0.39 is 5.91 Å². The maximum Gasteiger partial charge on any atom is 0.259 e. The van der Waals surface area contributed by atoms with Crippen molar-refractivity contribution in [3.8, 4) is 5.75 Å². The van der Waals surface area contributed by atoms with Gasteiger partial charge in [0.2, 0.25) is 0 Å². The van der Waals surface area contributed by atoms with Crippen molar-refractivity contribution in [1.29, 1.82) is 0 Å². The topological polar surface area (TPSA) is 79.8 Å². The summed E-state index contributed by atoms with van der Waals surface area (Å²) < 4.78 is 5.84. The maximum atomic E-state index is 12.0. The van der Waals surface area contributed by atoms with Crippen LogP contribution >= 0.6 is 23.2 Å². The van der Waals surface area contributed by atoms with Crippen LogP contribution in [0.1, 0.15) is 21.5 Å². The Morgan fingerprint density at radius 3 is 2.48 bits per heavy atom. The molecule has 0 saturated carbocycles. The molecule has 0 spiro atoms. The Hall–Kier alpha value is -3.35. The minimum atomic E-state index is -0.469. The van der Waals surface area contributed by atoms with Gasteiger partial charge in [0, 0.05) is 21.2 Å². The van der Waals surface area contributed by atoms with Crippen molar-refractivity contribution >= 4 is 41.2 Å². The lowest BCUT2D eigenvalue weighted by molar-refractivity contribution is -0.120. The number of amides is 2. The van der Waals surface area contributed by atoms with Gasteiger partial charge in [-0.1, -0.05) is 53.5 Å². The highest BCUT2D eigenvalue weighted by Crippen LogP contribution is 2.23. The molecule has 2 N–H and O–H groups in total. The van der Waals surface area contributed by atoms with Crippen LogP contribution in [-0.4, -0.2) is 24.6 Å². The van der Waals surface area contributed by atoms with E-state index >= 15 is 0 Å². The Morgan fingerprint density at radius 1 is 0.935 bits per heavy atom. The van der Waals surface area contributed by atoms with Gasteiger partial charge in [-0.25, -0.2) is 5.43 Å². The largest absolute Gasteiger partial charge is 0.488 e. The van der Waals surface area contributed by atoms with E-state index in [1.54, 1.807) is 54.6 Å². The molecule has 3 rings (SSSR count). The van der Waals surface area contributed by atoms with Crippen LogP contribution in [0.5, 0.6) is 5.75 Å². The Balaban J connectivity index is 1.55. The second-order valence-corrected chi connectivity index (χ2v) is 7.32. The van der Waals surface area contributed by atoms with Gasteiger partial charge in [0.1, 0.15) is 12.4 Å². The van der Waals surface area contributed by atoms with E-state index in [2.05, 4.69) is 15.8 Å². The lowest BCUT2D eigenvalue weighted by Gasteiger charge is -2.10. The number of carbonyl (C=O) groups is 2. The third-order valence-corrected chi connectivity index (χ3v) is 4.56. The van der Waals surface area contributed by atoms with Gasteiger partial charge in [-0.15, -0.1) is 0 Å². The van der Waals surface area contributed by atoms with E-state index in [0.29, 0.717) is 33.5 Å². The normalized spacial score (nSPS) is 10.6. The number of rotatable bonds is 8. The molecule has 0 aliphatic rings. The number of benzene rings is 3. The Labute approximate surface area is 189 Å². The number of halogens is 2. The quantitative estimate of drug-likeness (QED) is 0.388. The van der Waals surface area contributed by atoms with Crippen LogP contribution in [0.15, 0.2) is 77.9 Å². The number of hydrazone groups is 1. The second-order valence-electron chi connectivity index (χ2n) is 6.44. The predicted octanol–water partition coefficient (Wildman–Crippen LogP) is 4.45. The first-order valence-corrected chi connectivity index (χ1v) is 10.1. The molecule has 2 amide bonds. The molecule has 158 valence electrons. The van der Waals surface area contributed by atoms with E-state index in [1.807, 2.05) is 18.2 Å². The van der Waals surface area contributed by atoms with Crippen molar-refractivity contribution in [2.45, 2.75) is 6.61 Å². The van der Waals surface area contributed by atoms with Crippen LogP contribution < -0.4 is 15.5 Å². The molecule has 0 saturated heterocycles. The first-order valence-electron chi connectivity index (χ1n) is 9.33. The second kappa shape index (κ2) is 11.2. The number of nitrogens with one attached hydrogen (secondary N) is 2. The van der Waals surface area contributed by atoms with Crippen molar-refractivity contribution in [1.82, 2.24) is 10.7 Å². The molecule has 3 aromatic rings. The van der Waals surface area contributed by atoms with E-state index in [-0.39, 0.29) is 12.5 Å². The fourth-order valence-electron chi connectivity index (χ4n) is 2.60. The summed E-state index contributed by atoms with van der Waals surface area (Å²) in [6.45, 7) is 0.0969. The van der Waals surface area contributed by atoms with Gasteiger partial charge in [0.25, 0.3) is 11.8 Å². The molecular formula is C23H19Cl2N3O3. The standard InChI is InChI=1S/C23H19Cl2N3O3/c24-19-8-4-5-16(11-19)15-31-21-10-9-20(25)12-18(21)13-27-28-22(29)14-26-23(30)17-6-2-1-3-7-17/h1-13H,14-15H2,(H,26,30)(H,28,29)/b27-13-. The van der Waals surface area contributed by atoms with Gasteiger partial charge in [-0.05, 0) is 48.0 Å². The minimum Gasteiger partial charge on any atom is -0.488 e. The van der Waals surface area contributed by atoms with Crippen molar-refractivity contribution in [2.75, 3.05) is 6.54 Å². The van der Waals surface area contributed by atoms with Gasteiger partial charge in [0.15, 0.2) is 0 Å². The van der Waals surface area contributed by atoms with Crippen LogP contribution in [0.4, 0.5) is 0 Å². The average molecular weight is 456 g/mol. The molecule has 3 aromatic carbocycles. The Morgan fingerprint density at radius 2 is 1.71 bits per heavy atom. The van der Waals surface area contributed by atoms with E-state index in [4.69, 9.17) is 27.9 Å². The zero-order chi connectivity index (χ0) is 22.1. The van der Waals surface area contributed by atoms with Gasteiger partial charge >= 0.3 is 0 Å². The summed E-state index contributed by atoms with van der Waals surface area (Å²) in [5.41, 5.74) is 4.33. The summed E-state index contributed by atoms with van der Waals surface area (Å²) >= 11 is 12.1. The highest BCUT2D eigenvalue weighted by atomic mass is 35.5. The summed E-state index contributed by atoms with van der Waals surface area (Å²) in [5.74, 6) is -0.269. The molecule has 6 nitrogen and oxygen atoms in total. The first kappa shape index (κ1) is 22.3. The predicted molar refractivity (Wildman–Crippen MR) is 122 cm³/mol. The molecule has 0 aliphatic heterocycles. The van der Waals surface area contributed by atoms with E-state index in [9.17, 15) is 9.59 Å². The van der Waals surface area contributed by atoms with E-state index in [0.717, 1.165) is 5.56 Å². The maximum absolute atomic E-state index is 12.0. The van der Waals surface area contributed by atoms with Crippen LogP contribution in [0, 0.1) is 0 Å². The van der Waals surface area contributed by atoms with Crippen molar-refractivity contribution in [3.05, 3.63) is 99.5 Å². The summed E-state index contributed by atoms with van der Waals surface area (Å²) in [6, 6.07) is 21.1. The van der Waals surface area contributed by atoms with Crippen molar-refractivity contribution in [3.63, 3.8) is 0 Å². The number of ether oxygens (including phenoxy) is 1. The summed E-state index contributed by atoms with van der Waals surface area (Å²) in [6.07, 6.45) is 1.43. The Bertz CT molecular complexity index is 1090. The molecule has 0 atom stereocenters. The minimum absolute atomic E-state index is 0.210. The van der Waals surface area contributed by atoms with E-state index in [1.165, 1.54) is 6.21 Å². The summed E-state index contributed by atoms with van der Waals surface area (Å²) in [4.78, 5) is 23.9. The molecule has 0 radical (unpaired) electrons. The zero-order valence-electron chi connectivity index (χ0n) is 16.3. The van der Waals surface area contributed by atoms with Crippen molar-refractivity contribution < 1.29 is 14.3 Å². The monoisotopic (exact) mass is 455 g/mol. The molecule has 0 aromatic heterocycles. The van der Waals surface area contributed by atoms with Crippen LogP contribution in [0.2, 0.25) is 10.0 Å². The number of hydrogen-bond acceptors (Lipinski definition) is 4. The fraction of sp³-hybridized carbons (Fsp3) is 0.0870. The number of hydrogen-bond donors (Lipinski definition) is 2. The summed E-state index contributed by atoms with van der Waals surface area (Å²) in [7, 11) is 0. The van der Waals surface area contributed by atoms with Gasteiger partial charge in [0.05, 0.1) is 12.8 Å². The van der Waals surface area contributed by atoms with Gasteiger partial charge in [-0.2, -0.15) is 5.10 Å². The molecular weight excluding hydrogens is 437 g/mol. The lowest BCUT2D eigenvalue weighted by atomic mass is 10.2. The third kappa shape index (κ3) is 7.13.